The van der Waals surface area contributed by atoms with E-state index in [2.05, 4.69) is 5.32 Å². The van der Waals surface area contributed by atoms with E-state index in [9.17, 15) is 9.59 Å². The number of carbonyl (C=O) groups is 2. The number of carbonyl (C=O) groups excluding carboxylic acids is 2. The van der Waals surface area contributed by atoms with Crippen molar-refractivity contribution in [3.05, 3.63) is 100 Å². The second-order valence-electron chi connectivity index (χ2n) is 9.05. The van der Waals surface area contributed by atoms with Crippen LogP contribution in [0, 0.1) is 0 Å². The molecule has 0 saturated heterocycles. The van der Waals surface area contributed by atoms with Gasteiger partial charge in [0.2, 0.25) is 11.8 Å². The van der Waals surface area contributed by atoms with E-state index in [0.717, 1.165) is 41.7 Å². The first-order chi connectivity index (χ1) is 17.5. The van der Waals surface area contributed by atoms with Crippen LogP contribution in [0.1, 0.15) is 36.8 Å². The highest BCUT2D eigenvalue weighted by atomic mass is 35.5. The molecule has 1 aliphatic rings. The van der Waals surface area contributed by atoms with Crippen LogP contribution in [0.3, 0.4) is 0 Å². The fraction of sp³-hybridized carbons (Fsp3) is 0.310. The van der Waals surface area contributed by atoms with Gasteiger partial charge in [-0.3, -0.25) is 9.59 Å². The Morgan fingerprint density at radius 2 is 1.58 bits per heavy atom. The summed E-state index contributed by atoms with van der Waals surface area (Å²) in [6.07, 6.45) is 4.63. The molecule has 3 aromatic rings. The minimum Gasteiger partial charge on any atom is -0.352 e. The highest BCUT2D eigenvalue weighted by Gasteiger charge is 2.32. The number of rotatable bonds is 10. The molecule has 4 nitrogen and oxygen atoms in total. The molecule has 4 rings (SSSR count). The fourth-order valence-electron chi connectivity index (χ4n) is 4.49. The molecule has 2 amide bonds. The summed E-state index contributed by atoms with van der Waals surface area (Å²) in [6, 6.07) is 24.3. The molecule has 188 valence electrons. The third-order valence-electron chi connectivity index (χ3n) is 6.45. The summed E-state index contributed by atoms with van der Waals surface area (Å²) in [7, 11) is 0. The van der Waals surface area contributed by atoms with Crippen LogP contribution in [-0.2, 0) is 22.6 Å². The van der Waals surface area contributed by atoms with Gasteiger partial charge in [0.15, 0.2) is 0 Å². The number of thioether (sulfide) groups is 1. The van der Waals surface area contributed by atoms with Gasteiger partial charge in [0.1, 0.15) is 6.04 Å². The summed E-state index contributed by atoms with van der Waals surface area (Å²) < 4.78 is 0. The Hall–Kier alpha value is -2.47. The Balaban J connectivity index is 1.61. The summed E-state index contributed by atoms with van der Waals surface area (Å²) in [6.45, 7) is 0.259. The Morgan fingerprint density at radius 3 is 2.28 bits per heavy atom. The van der Waals surface area contributed by atoms with E-state index in [0.29, 0.717) is 16.5 Å². The van der Waals surface area contributed by atoms with Gasteiger partial charge in [0.05, 0.1) is 5.75 Å². The van der Waals surface area contributed by atoms with Crippen molar-refractivity contribution < 1.29 is 9.59 Å². The van der Waals surface area contributed by atoms with E-state index < -0.39 is 6.04 Å². The molecule has 1 atom stereocenters. The van der Waals surface area contributed by atoms with Crippen molar-refractivity contribution in [2.75, 3.05) is 5.75 Å². The van der Waals surface area contributed by atoms with Crippen molar-refractivity contribution >= 4 is 46.8 Å². The molecule has 0 heterocycles. The van der Waals surface area contributed by atoms with Gasteiger partial charge < -0.3 is 10.2 Å². The normalized spacial score (nSPS) is 14.4. The molecular formula is C29H30Cl2N2O2S. The van der Waals surface area contributed by atoms with E-state index in [-0.39, 0.29) is 30.2 Å². The highest BCUT2D eigenvalue weighted by Crippen LogP contribution is 2.25. The molecule has 0 radical (unpaired) electrons. The van der Waals surface area contributed by atoms with Crippen molar-refractivity contribution in [1.82, 2.24) is 10.2 Å². The summed E-state index contributed by atoms with van der Waals surface area (Å²) in [5.41, 5.74) is 1.82. The maximum atomic E-state index is 13.7. The zero-order valence-corrected chi connectivity index (χ0v) is 22.4. The van der Waals surface area contributed by atoms with E-state index in [1.165, 1.54) is 11.8 Å². The lowest BCUT2D eigenvalue weighted by atomic mass is 10.0. The van der Waals surface area contributed by atoms with Crippen molar-refractivity contribution in [1.29, 1.82) is 0 Å². The lowest BCUT2D eigenvalue weighted by molar-refractivity contribution is -0.139. The van der Waals surface area contributed by atoms with Crippen LogP contribution in [0.5, 0.6) is 0 Å². The summed E-state index contributed by atoms with van der Waals surface area (Å²) in [5, 5.41) is 4.46. The third kappa shape index (κ3) is 7.52. The molecular weight excluding hydrogens is 511 g/mol. The van der Waals surface area contributed by atoms with Crippen molar-refractivity contribution in [2.24, 2.45) is 0 Å². The van der Waals surface area contributed by atoms with Crippen LogP contribution in [0.25, 0.3) is 0 Å². The molecule has 7 heteroatoms. The van der Waals surface area contributed by atoms with Gasteiger partial charge in [-0.15, -0.1) is 11.8 Å². The van der Waals surface area contributed by atoms with Crippen LogP contribution in [-0.4, -0.2) is 34.6 Å². The molecule has 3 aromatic carbocycles. The third-order valence-corrected chi connectivity index (χ3v) is 8.06. The molecule has 1 N–H and O–H groups in total. The van der Waals surface area contributed by atoms with Crippen LogP contribution in [0.4, 0.5) is 0 Å². The largest absolute Gasteiger partial charge is 0.352 e. The Labute approximate surface area is 227 Å². The maximum absolute atomic E-state index is 13.7. The second kappa shape index (κ2) is 13.2. The lowest BCUT2D eigenvalue weighted by Gasteiger charge is -2.32. The number of benzene rings is 3. The smallest absolute Gasteiger partial charge is 0.243 e. The van der Waals surface area contributed by atoms with E-state index in [1.807, 2.05) is 78.9 Å². The van der Waals surface area contributed by atoms with E-state index >= 15 is 0 Å². The SMILES string of the molecule is O=C(NC1CCCC1)[C@@H](Cc1ccccc1)N(Cc1ccccc1Cl)C(=O)CSc1ccc(Cl)cc1. The molecule has 1 aliphatic carbocycles. The average molecular weight is 542 g/mol. The molecule has 0 aliphatic heterocycles. The monoisotopic (exact) mass is 540 g/mol. The van der Waals surface area contributed by atoms with Crippen LogP contribution < -0.4 is 5.32 Å². The summed E-state index contributed by atoms with van der Waals surface area (Å²) >= 11 is 13.9. The van der Waals surface area contributed by atoms with Crippen molar-refractivity contribution in [3.8, 4) is 0 Å². The van der Waals surface area contributed by atoms with Gasteiger partial charge in [-0.2, -0.15) is 0 Å². The number of nitrogens with one attached hydrogen (secondary N) is 1. The zero-order chi connectivity index (χ0) is 25.3. The van der Waals surface area contributed by atoms with Gasteiger partial charge in [-0.05, 0) is 54.3 Å². The molecule has 1 saturated carbocycles. The fourth-order valence-corrected chi connectivity index (χ4v) is 5.60. The minimum atomic E-state index is -0.650. The first kappa shape index (κ1) is 26.6. The van der Waals surface area contributed by atoms with Crippen molar-refractivity contribution in [3.63, 3.8) is 0 Å². The lowest BCUT2D eigenvalue weighted by Crippen LogP contribution is -2.52. The Kier molecular flexibility index (Phi) is 9.74. The Morgan fingerprint density at radius 1 is 0.917 bits per heavy atom. The maximum Gasteiger partial charge on any atom is 0.243 e. The van der Waals surface area contributed by atoms with Crippen LogP contribution in [0.15, 0.2) is 83.8 Å². The zero-order valence-electron chi connectivity index (χ0n) is 20.0. The van der Waals surface area contributed by atoms with Gasteiger partial charge in [0, 0.05) is 33.9 Å². The number of hydrogen-bond donors (Lipinski definition) is 1. The van der Waals surface area contributed by atoms with Gasteiger partial charge in [-0.1, -0.05) is 84.6 Å². The molecule has 0 spiro atoms. The predicted octanol–water partition coefficient (Wildman–Crippen LogP) is 6.78. The standard InChI is InChI=1S/C29H30Cl2N2O2S/c30-23-14-16-25(17-15-23)36-20-28(34)33(19-22-10-4-7-13-26(22)31)27(18-21-8-2-1-3-9-21)29(35)32-24-11-5-6-12-24/h1-4,7-10,13-17,24,27H,5-6,11-12,18-20H2,(H,32,35)/t27-/m1/s1. The first-order valence-corrected chi connectivity index (χ1v) is 14.0. The average Bonchev–Trinajstić information content (AvgIpc) is 3.40. The molecule has 0 bridgehead atoms. The van der Waals surface area contributed by atoms with Gasteiger partial charge >= 0.3 is 0 Å². The molecule has 1 fully saturated rings. The highest BCUT2D eigenvalue weighted by molar-refractivity contribution is 8.00. The van der Waals surface area contributed by atoms with E-state index in [4.69, 9.17) is 23.2 Å². The number of hydrogen-bond acceptors (Lipinski definition) is 3. The minimum absolute atomic E-state index is 0.109. The molecule has 0 unspecified atom stereocenters. The Bertz CT molecular complexity index is 1150. The quantitative estimate of drug-likeness (QED) is 0.288. The number of halogens is 2. The van der Waals surface area contributed by atoms with Gasteiger partial charge in [0.25, 0.3) is 0 Å². The molecule has 0 aromatic heterocycles. The summed E-state index contributed by atoms with van der Waals surface area (Å²) in [4.78, 5) is 30.0. The summed E-state index contributed by atoms with van der Waals surface area (Å²) in [5.74, 6) is -0.0197. The predicted molar refractivity (Wildman–Crippen MR) is 149 cm³/mol. The number of amides is 2. The topological polar surface area (TPSA) is 49.4 Å². The second-order valence-corrected chi connectivity index (χ2v) is 10.9. The van der Waals surface area contributed by atoms with Crippen LogP contribution in [0.2, 0.25) is 10.0 Å². The van der Waals surface area contributed by atoms with Crippen LogP contribution >= 0.6 is 35.0 Å². The molecule has 36 heavy (non-hydrogen) atoms. The first-order valence-electron chi connectivity index (χ1n) is 12.2. The number of nitrogens with zero attached hydrogens (tertiary/aromatic N) is 1. The van der Waals surface area contributed by atoms with Crippen molar-refractivity contribution in [2.45, 2.75) is 55.6 Å². The van der Waals surface area contributed by atoms with Gasteiger partial charge in [-0.25, -0.2) is 0 Å². The van der Waals surface area contributed by atoms with E-state index in [1.54, 1.807) is 4.90 Å².